The van der Waals surface area contributed by atoms with Crippen molar-refractivity contribution in [2.45, 2.75) is 25.4 Å². The van der Waals surface area contributed by atoms with Crippen LogP contribution in [0, 0.1) is 0 Å². The summed E-state index contributed by atoms with van der Waals surface area (Å²) in [5.41, 5.74) is 6.74. The van der Waals surface area contributed by atoms with Gasteiger partial charge in [-0.25, -0.2) is 4.39 Å². The molecule has 1 aromatic heterocycles. The minimum atomic E-state index is -1.24. The van der Waals surface area contributed by atoms with Crippen LogP contribution in [0.1, 0.15) is 5.56 Å². The first-order valence-electron chi connectivity index (χ1n) is 6.11. The quantitative estimate of drug-likeness (QED) is 0.843. The smallest absolute Gasteiger partial charge is 0.140 e. The third kappa shape index (κ3) is 5.24. The van der Waals surface area contributed by atoms with E-state index in [4.69, 9.17) is 10.5 Å². The molecule has 110 valence electrons. The van der Waals surface area contributed by atoms with Crippen LogP contribution in [0.15, 0.2) is 42.7 Å². The molecule has 7 heteroatoms. The normalized spacial score (nSPS) is 13.5. The Morgan fingerprint density at radius 3 is 2.50 bits per heavy atom. The standard InChI is InChI=1S/C13H17FN4O.ClH/c14-12(13(15)8-18-16-6-7-17-18)10-19-9-11-4-2-1-3-5-11;/h1-7,12-13H,8-10,15H2;1H. The van der Waals surface area contributed by atoms with Crippen molar-refractivity contribution in [2.75, 3.05) is 6.61 Å². The summed E-state index contributed by atoms with van der Waals surface area (Å²) >= 11 is 0. The molecule has 0 fully saturated rings. The van der Waals surface area contributed by atoms with Crippen LogP contribution in [-0.2, 0) is 17.9 Å². The van der Waals surface area contributed by atoms with Crippen LogP contribution in [0.5, 0.6) is 0 Å². The van der Waals surface area contributed by atoms with Crippen molar-refractivity contribution in [3.05, 3.63) is 48.3 Å². The van der Waals surface area contributed by atoms with Gasteiger partial charge in [-0.3, -0.25) is 0 Å². The van der Waals surface area contributed by atoms with Gasteiger partial charge in [0, 0.05) is 0 Å². The van der Waals surface area contributed by atoms with Gasteiger partial charge in [0.1, 0.15) is 6.17 Å². The Bertz CT molecular complexity index is 468. The molecule has 2 atom stereocenters. The molecule has 2 aromatic rings. The van der Waals surface area contributed by atoms with Gasteiger partial charge in [-0.2, -0.15) is 15.0 Å². The Hall–Kier alpha value is -1.50. The summed E-state index contributed by atoms with van der Waals surface area (Å²) in [6.45, 7) is 0.591. The molecule has 0 saturated heterocycles. The minimum absolute atomic E-state index is 0. The average molecular weight is 301 g/mol. The number of nitrogens with two attached hydrogens (primary N) is 1. The summed E-state index contributed by atoms with van der Waals surface area (Å²) in [5.74, 6) is 0. The van der Waals surface area contributed by atoms with Crippen molar-refractivity contribution in [1.29, 1.82) is 0 Å². The molecule has 2 N–H and O–H groups in total. The first-order valence-corrected chi connectivity index (χ1v) is 6.11. The number of hydrogen-bond donors (Lipinski definition) is 1. The zero-order valence-electron chi connectivity index (χ0n) is 10.9. The maximum atomic E-state index is 13.8. The summed E-state index contributed by atoms with van der Waals surface area (Å²) in [7, 11) is 0. The lowest BCUT2D eigenvalue weighted by Gasteiger charge is -2.16. The first-order chi connectivity index (χ1) is 9.25. The van der Waals surface area contributed by atoms with Crippen molar-refractivity contribution in [3.63, 3.8) is 0 Å². The second kappa shape index (κ2) is 8.63. The van der Waals surface area contributed by atoms with Crippen molar-refractivity contribution in [1.82, 2.24) is 15.0 Å². The van der Waals surface area contributed by atoms with E-state index in [0.29, 0.717) is 6.61 Å². The molecule has 0 spiro atoms. The number of alkyl halides is 1. The summed E-state index contributed by atoms with van der Waals surface area (Å²) in [6, 6.07) is 8.94. The minimum Gasteiger partial charge on any atom is -0.374 e. The first kappa shape index (κ1) is 16.6. The molecule has 0 saturated carbocycles. The summed E-state index contributed by atoms with van der Waals surface area (Å²) in [6.07, 6.45) is 1.83. The van der Waals surface area contributed by atoms with E-state index in [9.17, 15) is 4.39 Å². The fraction of sp³-hybridized carbons (Fsp3) is 0.385. The Labute approximate surface area is 123 Å². The van der Waals surface area contributed by atoms with Gasteiger partial charge >= 0.3 is 0 Å². The van der Waals surface area contributed by atoms with Crippen LogP contribution >= 0.6 is 12.4 Å². The van der Waals surface area contributed by atoms with Crippen LogP contribution in [0.2, 0.25) is 0 Å². The Kier molecular flexibility index (Phi) is 7.14. The highest BCUT2D eigenvalue weighted by molar-refractivity contribution is 5.85. The predicted molar refractivity (Wildman–Crippen MR) is 76.2 cm³/mol. The topological polar surface area (TPSA) is 66.0 Å². The van der Waals surface area contributed by atoms with E-state index in [1.165, 1.54) is 17.2 Å². The van der Waals surface area contributed by atoms with E-state index in [2.05, 4.69) is 10.2 Å². The molecular weight excluding hydrogens is 283 g/mol. The molecule has 0 bridgehead atoms. The Balaban J connectivity index is 0.00000200. The molecule has 0 amide bonds. The van der Waals surface area contributed by atoms with E-state index in [-0.39, 0.29) is 25.6 Å². The van der Waals surface area contributed by atoms with Crippen LogP contribution < -0.4 is 5.73 Å². The zero-order chi connectivity index (χ0) is 13.5. The molecule has 5 nitrogen and oxygen atoms in total. The van der Waals surface area contributed by atoms with Crippen LogP contribution in [0.3, 0.4) is 0 Å². The van der Waals surface area contributed by atoms with E-state index in [1.807, 2.05) is 30.3 Å². The molecule has 2 unspecified atom stereocenters. The number of rotatable bonds is 7. The zero-order valence-corrected chi connectivity index (χ0v) is 11.7. The lowest BCUT2D eigenvalue weighted by atomic mass is 10.2. The second-order valence-corrected chi connectivity index (χ2v) is 4.26. The number of ether oxygens (including phenoxy) is 1. The van der Waals surface area contributed by atoms with E-state index in [1.54, 1.807) is 0 Å². The lowest BCUT2D eigenvalue weighted by molar-refractivity contribution is 0.0560. The molecule has 0 aliphatic rings. The van der Waals surface area contributed by atoms with Gasteiger partial charge in [0.25, 0.3) is 0 Å². The molecule has 1 heterocycles. The molecule has 0 aliphatic heterocycles. The van der Waals surface area contributed by atoms with Crippen molar-refractivity contribution in [2.24, 2.45) is 5.73 Å². The molecule has 0 radical (unpaired) electrons. The Morgan fingerprint density at radius 2 is 1.85 bits per heavy atom. The fourth-order valence-electron chi connectivity index (χ4n) is 1.63. The maximum absolute atomic E-state index is 13.8. The molecule has 1 aromatic carbocycles. The highest BCUT2D eigenvalue weighted by atomic mass is 35.5. The van der Waals surface area contributed by atoms with Gasteiger partial charge in [0.05, 0.1) is 38.2 Å². The third-order valence-corrected chi connectivity index (χ3v) is 2.69. The second-order valence-electron chi connectivity index (χ2n) is 4.26. The highest BCUT2D eigenvalue weighted by Crippen LogP contribution is 2.04. The van der Waals surface area contributed by atoms with Gasteiger partial charge in [0.15, 0.2) is 0 Å². The van der Waals surface area contributed by atoms with Crippen molar-refractivity contribution < 1.29 is 9.13 Å². The van der Waals surface area contributed by atoms with Gasteiger partial charge in [-0.1, -0.05) is 30.3 Å². The van der Waals surface area contributed by atoms with Crippen molar-refractivity contribution >= 4 is 12.4 Å². The maximum Gasteiger partial charge on any atom is 0.140 e. The third-order valence-electron chi connectivity index (χ3n) is 2.69. The van der Waals surface area contributed by atoms with Crippen LogP contribution in [0.25, 0.3) is 0 Å². The lowest BCUT2D eigenvalue weighted by Crippen LogP contribution is -2.39. The number of nitrogens with zero attached hydrogens (tertiary/aromatic N) is 3. The SMILES string of the molecule is Cl.NC(Cn1nccn1)C(F)COCc1ccccc1. The molecule has 20 heavy (non-hydrogen) atoms. The monoisotopic (exact) mass is 300 g/mol. The fourth-order valence-corrected chi connectivity index (χ4v) is 1.63. The van der Waals surface area contributed by atoms with Crippen LogP contribution in [0.4, 0.5) is 4.39 Å². The number of aromatic nitrogens is 3. The van der Waals surface area contributed by atoms with E-state index in [0.717, 1.165) is 5.56 Å². The van der Waals surface area contributed by atoms with Gasteiger partial charge in [0.2, 0.25) is 0 Å². The number of hydrogen-bond acceptors (Lipinski definition) is 4. The molecule has 0 aliphatic carbocycles. The van der Waals surface area contributed by atoms with Gasteiger partial charge in [-0.15, -0.1) is 12.4 Å². The molecular formula is C13H18ClFN4O. The Morgan fingerprint density at radius 1 is 1.20 bits per heavy atom. The summed E-state index contributed by atoms with van der Waals surface area (Å²) in [4.78, 5) is 1.37. The van der Waals surface area contributed by atoms with Crippen molar-refractivity contribution in [3.8, 4) is 0 Å². The van der Waals surface area contributed by atoms with Gasteiger partial charge < -0.3 is 10.5 Å². The average Bonchev–Trinajstić information content (AvgIpc) is 2.92. The van der Waals surface area contributed by atoms with E-state index < -0.39 is 12.2 Å². The largest absolute Gasteiger partial charge is 0.374 e. The molecule has 2 rings (SSSR count). The number of halogens is 2. The highest BCUT2D eigenvalue weighted by Gasteiger charge is 2.18. The summed E-state index contributed by atoms with van der Waals surface area (Å²) < 4.78 is 19.1. The van der Waals surface area contributed by atoms with Crippen LogP contribution in [-0.4, -0.2) is 33.8 Å². The number of benzene rings is 1. The predicted octanol–water partition coefficient (Wildman–Crippen LogP) is 1.58. The summed E-state index contributed by atoms with van der Waals surface area (Å²) in [5, 5.41) is 7.77. The van der Waals surface area contributed by atoms with E-state index >= 15 is 0 Å². The van der Waals surface area contributed by atoms with Gasteiger partial charge in [-0.05, 0) is 5.56 Å².